The zero-order valence-electron chi connectivity index (χ0n) is 15.4. The van der Waals surface area contributed by atoms with Crippen LogP contribution in [0.3, 0.4) is 0 Å². The average Bonchev–Trinajstić information content (AvgIpc) is 3.47. The molecule has 1 heterocycles. The van der Waals surface area contributed by atoms with Crippen LogP contribution in [-0.2, 0) is 17.8 Å². The molecule has 0 bridgehead atoms. The number of hydrogen-bond acceptors (Lipinski definition) is 4. The third-order valence-electron chi connectivity index (χ3n) is 4.68. The number of carbonyl (C=O) groups excluding carboxylic acids is 1. The third-order valence-corrected chi connectivity index (χ3v) is 5.92. The molecule has 0 aliphatic heterocycles. The minimum absolute atomic E-state index is 0.0382. The maximum atomic E-state index is 12.8. The van der Waals surface area contributed by atoms with Crippen LogP contribution in [-0.4, -0.2) is 26.7 Å². The van der Waals surface area contributed by atoms with E-state index in [4.69, 9.17) is 0 Å². The van der Waals surface area contributed by atoms with Crippen LogP contribution in [0.5, 0.6) is 0 Å². The quantitative estimate of drug-likeness (QED) is 0.576. The number of nitrogens with zero attached hydrogens (tertiary/aromatic N) is 2. The predicted molar refractivity (Wildman–Crippen MR) is 109 cm³/mol. The second-order valence-corrected chi connectivity index (χ2v) is 7.96. The SMILES string of the molecule is O=C(NC1CC1)[C@@H](Sc1n[nH]c(=O)n1CCc1ccccc1)c1ccccc1. The second-order valence-electron chi connectivity index (χ2n) is 6.89. The van der Waals surface area contributed by atoms with Gasteiger partial charge in [-0.2, -0.15) is 0 Å². The first kappa shape index (κ1) is 18.6. The number of hydrogen-bond donors (Lipinski definition) is 2. The molecule has 144 valence electrons. The van der Waals surface area contributed by atoms with Crippen molar-refractivity contribution in [1.29, 1.82) is 0 Å². The zero-order chi connectivity index (χ0) is 19.3. The van der Waals surface area contributed by atoms with E-state index in [1.54, 1.807) is 4.57 Å². The Kier molecular flexibility index (Phi) is 5.62. The number of H-pyrrole nitrogens is 1. The molecule has 4 rings (SSSR count). The third kappa shape index (κ3) is 4.54. The van der Waals surface area contributed by atoms with Crippen molar-refractivity contribution in [2.24, 2.45) is 0 Å². The molecular formula is C21H22N4O2S. The van der Waals surface area contributed by atoms with Gasteiger partial charge < -0.3 is 5.32 Å². The van der Waals surface area contributed by atoms with Crippen molar-refractivity contribution in [3.63, 3.8) is 0 Å². The minimum atomic E-state index is -0.451. The van der Waals surface area contributed by atoms with Gasteiger partial charge in [0.2, 0.25) is 5.91 Å². The largest absolute Gasteiger partial charge is 0.352 e. The number of benzene rings is 2. The van der Waals surface area contributed by atoms with E-state index in [1.165, 1.54) is 11.8 Å². The standard InChI is InChI=1S/C21H22N4O2S/c26-19(22-17-11-12-17)18(16-9-5-2-6-10-16)28-21-24-23-20(27)25(21)14-13-15-7-3-1-4-8-15/h1-10,17-18H,11-14H2,(H,22,26)(H,23,27)/t18-/m0/s1. The molecule has 0 spiro atoms. The lowest BCUT2D eigenvalue weighted by Gasteiger charge is -2.16. The highest BCUT2D eigenvalue weighted by Crippen LogP contribution is 2.35. The Bertz CT molecular complexity index is 980. The Morgan fingerprint density at radius 3 is 2.50 bits per heavy atom. The molecule has 2 N–H and O–H groups in total. The monoisotopic (exact) mass is 394 g/mol. The molecule has 7 heteroatoms. The van der Waals surface area contributed by atoms with Gasteiger partial charge in [0.25, 0.3) is 0 Å². The van der Waals surface area contributed by atoms with Crippen molar-refractivity contribution in [3.8, 4) is 0 Å². The van der Waals surface area contributed by atoms with E-state index in [2.05, 4.69) is 15.5 Å². The molecule has 1 aliphatic rings. The lowest BCUT2D eigenvalue weighted by Crippen LogP contribution is -2.30. The Morgan fingerprint density at radius 1 is 1.14 bits per heavy atom. The van der Waals surface area contributed by atoms with Gasteiger partial charge in [-0.15, -0.1) is 5.10 Å². The summed E-state index contributed by atoms with van der Waals surface area (Å²) in [5.74, 6) is -0.0382. The summed E-state index contributed by atoms with van der Waals surface area (Å²) >= 11 is 1.31. The normalized spacial score (nSPS) is 14.6. The molecule has 3 aromatic rings. The van der Waals surface area contributed by atoms with Crippen LogP contribution in [0.15, 0.2) is 70.6 Å². The van der Waals surface area contributed by atoms with E-state index in [0.29, 0.717) is 11.7 Å². The number of carbonyl (C=O) groups is 1. The first-order chi connectivity index (χ1) is 13.7. The first-order valence-corrected chi connectivity index (χ1v) is 10.3. The Hall–Kier alpha value is -2.80. The molecule has 0 saturated heterocycles. The highest BCUT2D eigenvalue weighted by atomic mass is 32.2. The fraction of sp³-hybridized carbons (Fsp3) is 0.286. The molecule has 1 amide bonds. The molecule has 6 nitrogen and oxygen atoms in total. The van der Waals surface area contributed by atoms with Gasteiger partial charge in [0.05, 0.1) is 0 Å². The number of rotatable bonds is 8. The maximum absolute atomic E-state index is 12.8. The van der Waals surface area contributed by atoms with Crippen LogP contribution < -0.4 is 11.0 Å². The van der Waals surface area contributed by atoms with Gasteiger partial charge >= 0.3 is 5.69 Å². The van der Waals surface area contributed by atoms with Crippen molar-refractivity contribution in [2.45, 2.75) is 42.3 Å². The van der Waals surface area contributed by atoms with Crippen molar-refractivity contribution in [1.82, 2.24) is 20.1 Å². The number of nitrogens with one attached hydrogen (secondary N) is 2. The van der Waals surface area contributed by atoms with E-state index in [9.17, 15) is 9.59 Å². The van der Waals surface area contributed by atoms with Gasteiger partial charge in [-0.25, -0.2) is 9.89 Å². The van der Waals surface area contributed by atoms with E-state index in [1.807, 2.05) is 60.7 Å². The van der Waals surface area contributed by atoms with Gasteiger partial charge in [-0.3, -0.25) is 9.36 Å². The summed E-state index contributed by atoms with van der Waals surface area (Å²) < 4.78 is 1.61. The molecule has 1 aromatic heterocycles. The molecule has 0 unspecified atom stereocenters. The number of aromatic nitrogens is 3. The van der Waals surface area contributed by atoms with Gasteiger partial charge in [0.1, 0.15) is 5.25 Å². The van der Waals surface area contributed by atoms with Crippen LogP contribution in [0, 0.1) is 0 Å². The number of aromatic amines is 1. The zero-order valence-corrected chi connectivity index (χ0v) is 16.2. The average molecular weight is 395 g/mol. The topological polar surface area (TPSA) is 79.8 Å². The number of aryl methyl sites for hydroxylation is 1. The summed E-state index contributed by atoms with van der Waals surface area (Å²) in [5, 5.41) is 9.85. The highest BCUT2D eigenvalue weighted by molar-refractivity contribution is 8.00. The van der Waals surface area contributed by atoms with Crippen molar-refractivity contribution >= 4 is 17.7 Å². The smallest absolute Gasteiger partial charge is 0.343 e. The van der Waals surface area contributed by atoms with E-state index < -0.39 is 5.25 Å². The molecule has 2 aromatic carbocycles. The molecule has 1 aliphatic carbocycles. The lowest BCUT2D eigenvalue weighted by molar-refractivity contribution is -0.120. The predicted octanol–water partition coefficient (Wildman–Crippen LogP) is 2.93. The molecule has 1 atom stereocenters. The van der Waals surface area contributed by atoms with Gasteiger partial charge in [0, 0.05) is 12.6 Å². The summed E-state index contributed by atoms with van der Waals surface area (Å²) in [5.41, 5.74) is 1.79. The van der Waals surface area contributed by atoms with Crippen molar-refractivity contribution in [3.05, 3.63) is 82.3 Å². The number of amides is 1. The fourth-order valence-corrected chi connectivity index (χ4v) is 4.07. The Balaban J connectivity index is 1.54. The summed E-state index contributed by atoms with van der Waals surface area (Å²) in [6.45, 7) is 0.507. The minimum Gasteiger partial charge on any atom is -0.352 e. The van der Waals surface area contributed by atoms with Crippen molar-refractivity contribution in [2.75, 3.05) is 0 Å². The number of thioether (sulfide) groups is 1. The summed E-state index contributed by atoms with van der Waals surface area (Å²) in [7, 11) is 0. The van der Waals surface area contributed by atoms with Gasteiger partial charge in [-0.1, -0.05) is 72.4 Å². The molecular weight excluding hydrogens is 372 g/mol. The van der Waals surface area contributed by atoms with Gasteiger partial charge in [-0.05, 0) is 30.4 Å². The van der Waals surface area contributed by atoms with Crippen molar-refractivity contribution < 1.29 is 4.79 Å². The first-order valence-electron chi connectivity index (χ1n) is 9.42. The Labute approximate surface area is 167 Å². The lowest BCUT2D eigenvalue weighted by atomic mass is 10.1. The molecule has 1 fully saturated rings. The summed E-state index contributed by atoms with van der Waals surface area (Å²) in [4.78, 5) is 25.1. The molecule has 1 saturated carbocycles. The van der Waals surface area contributed by atoms with E-state index >= 15 is 0 Å². The summed E-state index contributed by atoms with van der Waals surface area (Å²) in [6, 6.07) is 19.9. The molecule has 0 radical (unpaired) electrons. The van der Waals surface area contributed by atoms with E-state index in [0.717, 1.165) is 30.4 Å². The Morgan fingerprint density at radius 2 is 1.82 bits per heavy atom. The van der Waals surface area contributed by atoms with E-state index in [-0.39, 0.29) is 17.6 Å². The summed E-state index contributed by atoms with van der Waals surface area (Å²) in [6.07, 6.45) is 2.78. The highest BCUT2D eigenvalue weighted by Gasteiger charge is 2.30. The van der Waals surface area contributed by atoms with Crippen LogP contribution in [0.4, 0.5) is 0 Å². The second kappa shape index (κ2) is 8.48. The molecule has 28 heavy (non-hydrogen) atoms. The fourth-order valence-electron chi connectivity index (χ4n) is 2.99. The van der Waals surface area contributed by atoms with Crippen LogP contribution in [0.1, 0.15) is 29.2 Å². The van der Waals surface area contributed by atoms with Crippen LogP contribution in [0.25, 0.3) is 0 Å². The van der Waals surface area contributed by atoms with Crippen LogP contribution >= 0.6 is 11.8 Å². The maximum Gasteiger partial charge on any atom is 0.343 e. The van der Waals surface area contributed by atoms with Gasteiger partial charge in [0.15, 0.2) is 5.16 Å². The van der Waals surface area contributed by atoms with Crippen LogP contribution in [0.2, 0.25) is 0 Å².